The molecule has 0 bridgehead atoms. The molecular weight excluding hydrogens is 276 g/mol. The number of aromatic nitrogens is 1. The molecule has 2 heterocycles. The second-order valence-electron chi connectivity index (χ2n) is 4.32. The molecule has 2 aromatic heterocycles. The Bertz CT molecular complexity index is 708. The normalized spacial score (nSPS) is 12.7. The van der Waals surface area contributed by atoms with Crippen molar-refractivity contribution in [3.8, 4) is 0 Å². The number of para-hydroxylation sites is 1. The van der Waals surface area contributed by atoms with Gasteiger partial charge in [0.25, 0.3) is 0 Å². The number of thiophene rings is 1. The predicted molar refractivity (Wildman–Crippen MR) is 82.0 cm³/mol. The second kappa shape index (κ2) is 5.29. The van der Waals surface area contributed by atoms with Crippen LogP contribution in [0, 0.1) is 0 Å². The standard InChI is InChI=1S/C15H13ClN2S/c1-17-15(13-6-7-14(16)19-13)11-8-10-4-2-3-5-12(10)18-9-11/h2-9,15,17H,1H3. The predicted octanol–water partition coefficient (Wildman–Crippen LogP) is 4.26. The van der Waals surface area contributed by atoms with Crippen molar-refractivity contribution in [2.75, 3.05) is 7.05 Å². The largest absolute Gasteiger partial charge is 0.309 e. The minimum Gasteiger partial charge on any atom is -0.309 e. The Hall–Kier alpha value is -1.42. The van der Waals surface area contributed by atoms with E-state index in [1.54, 1.807) is 11.3 Å². The van der Waals surface area contributed by atoms with E-state index in [1.807, 2.05) is 37.5 Å². The molecule has 0 fully saturated rings. The van der Waals surface area contributed by atoms with Crippen LogP contribution in [-0.4, -0.2) is 12.0 Å². The number of pyridine rings is 1. The molecule has 0 saturated carbocycles. The zero-order chi connectivity index (χ0) is 13.2. The van der Waals surface area contributed by atoms with Crippen LogP contribution in [0.2, 0.25) is 4.34 Å². The van der Waals surface area contributed by atoms with E-state index in [2.05, 4.69) is 28.5 Å². The molecule has 1 N–H and O–H groups in total. The maximum Gasteiger partial charge on any atom is 0.0931 e. The molecule has 0 aliphatic carbocycles. The molecule has 0 amide bonds. The maximum absolute atomic E-state index is 6.02. The van der Waals surface area contributed by atoms with Gasteiger partial charge in [0.2, 0.25) is 0 Å². The van der Waals surface area contributed by atoms with Gasteiger partial charge in [0.1, 0.15) is 0 Å². The summed E-state index contributed by atoms with van der Waals surface area (Å²) in [6, 6.07) is 14.4. The lowest BCUT2D eigenvalue weighted by Gasteiger charge is -2.15. The highest BCUT2D eigenvalue weighted by Crippen LogP contribution is 2.31. The zero-order valence-electron chi connectivity index (χ0n) is 10.4. The average molecular weight is 289 g/mol. The number of hydrogen-bond donors (Lipinski definition) is 1. The first-order valence-electron chi connectivity index (χ1n) is 6.05. The number of nitrogens with one attached hydrogen (secondary N) is 1. The number of hydrogen-bond acceptors (Lipinski definition) is 3. The monoisotopic (exact) mass is 288 g/mol. The van der Waals surface area contributed by atoms with Crippen LogP contribution in [0.1, 0.15) is 16.5 Å². The van der Waals surface area contributed by atoms with Crippen molar-refractivity contribution < 1.29 is 0 Å². The molecule has 19 heavy (non-hydrogen) atoms. The summed E-state index contributed by atoms with van der Waals surface area (Å²) in [5, 5.41) is 4.48. The molecule has 0 aliphatic rings. The first kappa shape index (κ1) is 12.6. The van der Waals surface area contributed by atoms with Gasteiger partial charge in [0.05, 0.1) is 15.9 Å². The van der Waals surface area contributed by atoms with Gasteiger partial charge in [-0.2, -0.15) is 0 Å². The Morgan fingerprint density at radius 2 is 2.05 bits per heavy atom. The molecule has 0 saturated heterocycles. The van der Waals surface area contributed by atoms with E-state index in [9.17, 15) is 0 Å². The topological polar surface area (TPSA) is 24.9 Å². The third-order valence-electron chi connectivity index (χ3n) is 3.11. The Morgan fingerprint density at radius 3 is 2.79 bits per heavy atom. The van der Waals surface area contributed by atoms with Crippen LogP contribution < -0.4 is 5.32 Å². The van der Waals surface area contributed by atoms with Crippen LogP contribution in [0.25, 0.3) is 10.9 Å². The van der Waals surface area contributed by atoms with E-state index in [-0.39, 0.29) is 6.04 Å². The third kappa shape index (κ3) is 2.50. The van der Waals surface area contributed by atoms with Gasteiger partial charge < -0.3 is 5.32 Å². The lowest BCUT2D eigenvalue weighted by molar-refractivity contribution is 0.702. The molecule has 4 heteroatoms. The second-order valence-corrected chi connectivity index (χ2v) is 6.07. The van der Waals surface area contributed by atoms with Crippen LogP contribution >= 0.6 is 22.9 Å². The molecule has 0 radical (unpaired) electrons. The van der Waals surface area contributed by atoms with Crippen molar-refractivity contribution in [3.63, 3.8) is 0 Å². The number of halogens is 1. The molecule has 1 atom stereocenters. The average Bonchev–Trinajstić information content (AvgIpc) is 2.86. The minimum absolute atomic E-state index is 0.134. The molecule has 0 aliphatic heterocycles. The molecule has 0 spiro atoms. The first-order chi connectivity index (χ1) is 9.28. The van der Waals surface area contributed by atoms with Gasteiger partial charge in [0, 0.05) is 16.5 Å². The molecule has 1 unspecified atom stereocenters. The molecule has 96 valence electrons. The zero-order valence-corrected chi connectivity index (χ0v) is 12.0. The van der Waals surface area contributed by atoms with Gasteiger partial charge in [-0.25, -0.2) is 0 Å². The van der Waals surface area contributed by atoms with Crippen molar-refractivity contribution in [2.24, 2.45) is 0 Å². The molecule has 1 aromatic carbocycles. The van der Waals surface area contributed by atoms with Gasteiger partial charge in [-0.1, -0.05) is 29.8 Å². The molecular formula is C15H13ClN2S. The SMILES string of the molecule is CNC(c1cnc2ccccc2c1)c1ccc(Cl)s1. The van der Waals surface area contributed by atoms with Crippen molar-refractivity contribution in [1.82, 2.24) is 10.3 Å². The van der Waals surface area contributed by atoms with Crippen LogP contribution in [0.5, 0.6) is 0 Å². The van der Waals surface area contributed by atoms with E-state index in [4.69, 9.17) is 11.6 Å². The van der Waals surface area contributed by atoms with Crippen molar-refractivity contribution >= 4 is 33.8 Å². The maximum atomic E-state index is 6.02. The van der Waals surface area contributed by atoms with E-state index in [0.717, 1.165) is 20.8 Å². The fourth-order valence-electron chi connectivity index (χ4n) is 2.20. The van der Waals surface area contributed by atoms with Crippen LogP contribution in [0.3, 0.4) is 0 Å². The summed E-state index contributed by atoms with van der Waals surface area (Å²) in [5.41, 5.74) is 2.17. The van der Waals surface area contributed by atoms with Gasteiger partial charge in [-0.15, -0.1) is 11.3 Å². The van der Waals surface area contributed by atoms with Crippen LogP contribution in [-0.2, 0) is 0 Å². The van der Waals surface area contributed by atoms with Crippen LogP contribution in [0.4, 0.5) is 0 Å². The summed E-state index contributed by atoms with van der Waals surface area (Å²) < 4.78 is 0.809. The summed E-state index contributed by atoms with van der Waals surface area (Å²) in [6.45, 7) is 0. The summed E-state index contributed by atoms with van der Waals surface area (Å²) in [6.07, 6.45) is 1.93. The smallest absolute Gasteiger partial charge is 0.0931 e. The molecule has 3 rings (SSSR count). The lowest BCUT2D eigenvalue weighted by atomic mass is 10.1. The Labute approximate surface area is 121 Å². The summed E-state index contributed by atoms with van der Waals surface area (Å²) in [7, 11) is 1.95. The van der Waals surface area contributed by atoms with Gasteiger partial charge in [-0.3, -0.25) is 4.98 Å². The highest BCUT2D eigenvalue weighted by Gasteiger charge is 2.14. The van der Waals surface area contributed by atoms with E-state index in [1.165, 1.54) is 4.88 Å². The van der Waals surface area contributed by atoms with Gasteiger partial charge in [-0.05, 0) is 36.9 Å². The number of fused-ring (bicyclic) bond motifs is 1. The van der Waals surface area contributed by atoms with Crippen molar-refractivity contribution in [3.05, 3.63) is 63.4 Å². The highest BCUT2D eigenvalue weighted by atomic mass is 35.5. The first-order valence-corrected chi connectivity index (χ1v) is 7.24. The number of nitrogens with zero attached hydrogens (tertiary/aromatic N) is 1. The van der Waals surface area contributed by atoms with E-state index < -0.39 is 0 Å². The van der Waals surface area contributed by atoms with E-state index in [0.29, 0.717) is 0 Å². The van der Waals surface area contributed by atoms with E-state index >= 15 is 0 Å². The van der Waals surface area contributed by atoms with Crippen LogP contribution in [0.15, 0.2) is 48.7 Å². The van der Waals surface area contributed by atoms with Gasteiger partial charge in [0.15, 0.2) is 0 Å². The Balaban J connectivity index is 2.06. The molecule has 3 aromatic rings. The minimum atomic E-state index is 0.134. The number of benzene rings is 1. The fraction of sp³-hybridized carbons (Fsp3) is 0.133. The lowest BCUT2D eigenvalue weighted by Crippen LogP contribution is -2.16. The number of rotatable bonds is 3. The quantitative estimate of drug-likeness (QED) is 0.779. The molecule has 2 nitrogen and oxygen atoms in total. The van der Waals surface area contributed by atoms with Crippen molar-refractivity contribution in [1.29, 1.82) is 0 Å². The Kier molecular flexibility index (Phi) is 3.51. The van der Waals surface area contributed by atoms with Crippen molar-refractivity contribution in [2.45, 2.75) is 6.04 Å². The third-order valence-corrected chi connectivity index (χ3v) is 4.41. The fourth-order valence-corrected chi connectivity index (χ4v) is 3.40. The highest BCUT2D eigenvalue weighted by molar-refractivity contribution is 7.16. The summed E-state index contributed by atoms with van der Waals surface area (Å²) in [4.78, 5) is 5.71. The Morgan fingerprint density at radius 1 is 1.21 bits per heavy atom. The summed E-state index contributed by atoms with van der Waals surface area (Å²) >= 11 is 7.61. The van der Waals surface area contributed by atoms with Gasteiger partial charge >= 0.3 is 0 Å². The summed E-state index contributed by atoms with van der Waals surface area (Å²) in [5.74, 6) is 0.